The number of hydrogen-bond donors (Lipinski definition) is 1. The van der Waals surface area contributed by atoms with Crippen LogP contribution in [0.2, 0.25) is 0 Å². The number of hydrogen-bond acceptors (Lipinski definition) is 5. The molecule has 1 fully saturated rings. The molecule has 1 aliphatic rings. The molecule has 0 unspecified atom stereocenters. The van der Waals surface area contributed by atoms with Gasteiger partial charge in [-0.05, 0) is 43.2 Å². The summed E-state index contributed by atoms with van der Waals surface area (Å²) in [6.07, 6.45) is 2.41. The Hall–Kier alpha value is -2.72. The van der Waals surface area contributed by atoms with Crippen molar-refractivity contribution in [2.24, 2.45) is 5.92 Å². The molecule has 0 bridgehead atoms. The molecule has 0 radical (unpaired) electrons. The van der Waals surface area contributed by atoms with E-state index in [0.717, 1.165) is 12.1 Å². The predicted octanol–water partition coefficient (Wildman–Crippen LogP) is 2.62. The van der Waals surface area contributed by atoms with Crippen molar-refractivity contribution in [2.75, 3.05) is 26.2 Å². The van der Waals surface area contributed by atoms with Gasteiger partial charge in [-0.2, -0.15) is 4.31 Å². The monoisotopic (exact) mass is 465 g/mol. The summed E-state index contributed by atoms with van der Waals surface area (Å²) in [7, 11) is -3.81. The molecule has 2 amide bonds. The molecule has 2 heterocycles. The highest BCUT2D eigenvalue weighted by molar-refractivity contribution is 7.89. The van der Waals surface area contributed by atoms with E-state index in [4.69, 9.17) is 4.42 Å². The lowest BCUT2D eigenvalue weighted by Crippen LogP contribution is -2.43. The molecule has 0 atom stereocenters. The quantitative estimate of drug-likeness (QED) is 0.646. The number of furan rings is 1. The van der Waals surface area contributed by atoms with E-state index in [2.05, 4.69) is 5.32 Å². The highest BCUT2D eigenvalue weighted by atomic mass is 32.2. The molecule has 0 aliphatic carbocycles. The van der Waals surface area contributed by atoms with E-state index in [1.807, 2.05) is 0 Å². The van der Waals surface area contributed by atoms with E-state index in [9.17, 15) is 22.4 Å². The average Bonchev–Trinajstić information content (AvgIpc) is 3.31. The average molecular weight is 466 g/mol. The maximum Gasteiger partial charge on any atom is 0.256 e. The Labute approximate surface area is 187 Å². The van der Waals surface area contributed by atoms with Crippen molar-refractivity contribution < 1.29 is 26.8 Å². The van der Waals surface area contributed by atoms with Gasteiger partial charge in [-0.15, -0.1) is 0 Å². The smallest absolute Gasteiger partial charge is 0.256 e. The number of carbonyl (C=O) groups excluding carboxylic acids is 2. The van der Waals surface area contributed by atoms with E-state index in [0.29, 0.717) is 25.1 Å². The zero-order valence-electron chi connectivity index (χ0n) is 18.2. The number of likely N-dealkylation sites (tertiary alicyclic amines) is 1. The van der Waals surface area contributed by atoms with Gasteiger partial charge in [-0.25, -0.2) is 12.8 Å². The van der Waals surface area contributed by atoms with Gasteiger partial charge in [0.2, 0.25) is 15.9 Å². The molecule has 1 N–H and O–H groups in total. The van der Waals surface area contributed by atoms with Crippen LogP contribution in [0.3, 0.4) is 0 Å². The van der Waals surface area contributed by atoms with Crippen LogP contribution in [0.25, 0.3) is 0 Å². The SMILES string of the molecule is CCN(CC)S(=O)(=O)c1ccc(F)c(C(=O)N2CCC(C(=O)NCc3ccco3)CC2)c1. The standard InChI is InChI=1S/C22H28FN3O5S/c1-3-26(4-2)32(29,30)18-7-8-20(23)19(14-18)22(28)25-11-9-16(10-12-25)21(27)24-15-17-6-5-13-31-17/h5-8,13-14,16H,3-4,9-12,15H2,1-2H3,(H,24,27). The molecule has 1 saturated heterocycles. The summed E-state index contributed by atoms with van der Waals surface area (Å²) in [6.45, 7) is 4.83. The summed E-state index contributed by atoms with van der Waals surface area (Å²) in [5, 5.41) is 2.82. The molecule has 1 aromatic heterocycles. The Bertz CT molecular complexity index is 1040. The minimum absolute atomic E-state index is 0.113. The van der Waals surface area contributed by atoms with Crippen molar-refractivity contribution in [3.8, 4) is 0 Å². The fourth-order valence-corrected chi connectivity index (χ4v) is 5.27. The largest absolute Gasteiger partial charge is 0.467 e. The second-order valence-corrected chi connectivity index (χ2v) is 9.53. The number of rotatable bonds is 8. The number of sulfonamides is 1. The molecule has 10 heteroatoms. The van der Waals surface area contributed by atoms with Crippen molar-refractivity contribution in [3.05, 3.63) is 53.7 Å². The van der Waals surface area contributed by atoms with Crippen LogP contribution < -0.4 is 5.32 Å². The number of piperidine rings is 1. The molecule has 2 aromatic rings. The number of halogens is 1. The second kappa shape index (κ2) is 10.3. The zero-order valence-corrected chi connectivity index (χ0v) is 19.0. The number of benzene rings is 1. The number of carbonyl (C=O) groups is 2. The van der Waals surface area contributed by atoms with Crippen LogP contribution in [-0.2, 0) is 21.4 Å². The molecule has 0 saturated carbocycles. The van der Waals surface area contributed by atoms with Crippen LogP contribution in [-0.4, -0.2) is 55.6 Å². The number of nitrogens with zero attached hydrogens (tertiary/aromatic N) is 2. The van der Waals surface area contributed by atoms with Gasteiger partial charge in [0.05, 0.1) is 23.3 Å². The van der Waals surface area contributed by atoms with Gasteiger partial charge in [-0.1, -0.05) is 13.8 Å². The summed E-state index contributed by atoms with van der Waals surface area (Å²) < 4.78 is 46.4. The summed E-state index contributed by atoms with van der Waals surface area (Å²) in [6, 6.07) is 6.80. The van der Waals surface area contributed by atoms with E-state index < -0.39 is 21.7 Å². The lowest BCUT2D eigenvalue weighted by molar-refractivity contribution is -0.126. The lowest BCUT2D eigenvalue weighted by Gasteiger charge is -2.31. The molecule has 174 valence electrons. The summed E-state index contributed by atoms with van der Waals surface area (Å²) in [4.78, 5) is 26.7. The van der Waals surface area contributed by atoms with Crippen LogP contribution >= 0.6 is 0 Å². The van der Waals surface area contributed by atoms with Crippen LogP contribution in [0, 0.1) is 11.7 Å². The van der Waals surface area contributed by atoms with Crippen molar-refractivity contribution in [1.29, 1.82) is 0 Å². The first kappa shape index (κ1) is 23.9. The molecular formula is C22H28FN3O5S. The summed E-state index contributed by atoms with van der Waals surface area (Å²) in [5.41, 5.74) is -0.279. The van der Waals surface area contributed by atoms with E-state index in [1.54, 1.807) is 26.0 Å². The lowest BCUT2D eigenvalue weighted by atomic mass is 9.95. The van der Waals surface area contributed by atoms with E-state index in [-0.39, 0.29) is 48.5 Å². The minimum Gasteiger partial charge on any atom is -0.467 e. The third-order valence-electron chi connectivity index (χ3n) is 5.68. The first-order chi connectivity index (χ1) is 15.3. The first-order valence-electron chi connectivity index (χ1n) is 10.7. The minimum atomic E-state index is -3.81. The van der Waals surface area contributed by atoms with Gasteiger partial charge in [-0.3, -0.25) is 9.59 Å². The van der Waals surface area contributed by atoms with Gasteiger partial charge in [0.25, 0.3) is 5.91 Å². The molecule has 0 spiro atoms. The highest BCUT2D eigenvalue weighted by Crippen LogP contribution is 2.23. The third kappa shape index (κ3) is 5.18. The van der Waals surface area contributed by atoms with E-state index >= 15 is 0 Å². The number of amides is 2. The van der Waals surface area contributed by atoms with E-state index in [1.165, 1.54) is 21.5 Å². The molecule has 1 aliphatic heterocycles. The van der Waals surface area contributed by atoms with Crippen molar-refractivity contribution in [1.82, 2.24) is 14.5 Å². The second-order valence-electron chi connectivity index (χ2n) is 7.59. The fourth-order valence-electron chi connectivity index (χ4n) is 3.79. The topological polar surface area (TPSA) is 99.9 Å². The van der Waals surface area contributed by atoms with Crippen LogP contribution in [0.1, 0.15) is 42.8 Å². The van der Waals surface area contributed by atoms with Gasteiger partial charge in [0.1, 0.15) is 11.6 Å². The first-order valence-corrected chi connectivity index (χ1v) is 12.1. The summed E-state index contributed by atoms with van der Waals surface area (Å²) >= 11 is 0. The zero-order chi connectivity index (χ0) is 23.3. The van der Waals surface area contributed by atoms with Crippen LogP contribution in [0.5, 0.6) is 0 Å². The Kier molecular flexibility index (Phi) is 7.68. The van der Waals surface area contributed by atoms with Crippen molar-refractivity contribution >= 4 is 21.8 Å². The van der Waals surface area contributed by atoms with Gasteiger partial charge in [0.15, 0.2) is 0 Å². The third-order valence-corrected chi connectivity index (χ3v) is 7.73. The van der Waals surface area contributed by atoms with Crippen LogP contribution in [0.4, 0.5) is 4.39 Å². The Morgan fingerprint density at radius 2 is 1.88 bits per heavy atom. The molecule has 8 nitrogen and oxygen atoms in total. The normalized spacial score (nSPS) is 15.2. The number of nitrogens with one attached hydrogen (secondary N) is 1. The maximum absolute atomic E-state index is 14.4. The Balaban J connectivity index is 1.65. The fraction of sp³-hybridized carbons (Fsp3) is 0.455. The predicted molar refractivity (Wildman–Crippen MR) is 116 cm³/mol. The van der Waals surface area contributed by atoms with Crippen molar-refractivity contribution in [3.63, 3.8) is 0 Å². The maximum atomic E-state index is 14.4. The van der Waals surface area contributed by atoms with Crippen LogP contribution in [0.15, 0.2) is 45.9 Å². The van der Waals surface area contributed by atoms with Crippen molar-refractivity contribution in [2.45, 2.75) is 38.1 Å². The Morgan fingerprint density at radius 3 is 2.47 bits per heavy atom. The van der Waals surface area contributed by atoms with Gasteiger partial charge in [0, 0.05) is 32.1 Å². The summed E-state index contributed by atoms with van der Waals surface area (Å²) in [5.74, 6) is -1.07. The molecule has 3 rings (SSSR count). The Morgan fingerprint density at radius 1 is 1.19 bits per heavy atom. The van der Waals surface area contributed by atoms with Gasteiger partial charge >= 0.3 is 0 Å². The highest BCUT2D eigenvalue weighted by Gasteiger charge is 2.30. The van der Waals surface area contributed by atoms with Gasteiger partial charge < -0.3 is 14.6 Å². The molecule has 32 heavy (non-hydrogen) atoms. The molecular weight excluding hydrogens is 437 g/mol. The molecule has 1 aromatic carbocycles.